The summed E-state index contributed by atoms with van der Waals surface area (Å²) in [6.07, 6.45) is 1.70. The molecule has 2 rings (SSSR count). The van der Waals surface area contributed by atoms with Crippen LogP contribution in [0.3, 0.4) is 0 Å². The second-order valence-corrected chi connectivity index (χ2v) is 3.78. The fourth-order valence-corrected chi connectivity index (χ4v) is 1.76. The summed E-state index contributed by atoms with van der Waals surface area (Å²) in [5.74, 6) is 0.260. The monoisotopic (exact) mass is 224 g/mol. The zero-order valence-corrected chi connectivity index (χ0v) is 9.73. The van der Waals surface area contributed by atoms with E-state index < -0.39 is 0 Å². The first-order chi connectivity index (χ1) is 8.15. The lowest BCUT2D eigenvalue weighted by molar-refractivity contribution is 1.14. The Bertz CT molecular complexity index is 597. The lowest BCUT2D eigenvalue weighted by atomic mass is 9.99. The highest BCUT2D eigenvalue weighted by atomic mass is 14.8. The molecule has 0 saturated carbocycles. The van der Waals surface area contributed by atoms with Crippen LogP contribution in [0.4, 0.5) is 5.82 Å². The molecule has 0 aliphatic rings. The summed E-state index contributed by atoms with van der Waals surface area (Å²) in [6, 6.07) is 7.69. The normalized spacial score (nSPS) is 9.94. The zero-order valence-electron chi connectivity index (χ0n) is 9.73. The average Bonchev–Trinajstić information content (AvgIpc) is 2.34. The third kappa shape index (κ3) is 1.83. The van der Waals surface area contributed by atoms with E-state index in [1.165, 1.54) is 0 Å². The highest BCUT2D eigenvalue weighted by Gasteiger charge is 2.15. The second-order valence-electron chi connectivity index (χ2n) is 3.78. The third-order valence-electron chi connectivity index (χ3n) is 2.74. The number of aromatic nitrogens is 2. The molecule has 17 heavy (non-hydrogen) atoms. The molecule has 0 aliphatic heterocycles. The van der Waals surface area contributed by atoms with Gasteiger partial charge in [-0.1, -0.05) is 6.07 Å². The minimum atomic E-state index is 0.260. The minimum absolute atomic E-state index is 0.260. The van der Waals surface area contributed by atoms with Crippen LogP contribution in [-0.2, 0) is 0 Å². The molecule has 0 atom stereocenters. The Balaban J connectivity index is 2.81. The predicted molar refractivity (Wildman–Crippen MR) is 66.1 cm³/mol. The number of hydrogen-bond donors (Lipinski definition) is 1. The first kappa shape index (κ1) is 11.1. The predicted octanol–water partition coefficient (Wildman–Crippen LogP) is 2.21. The molecule has 2 heterocycles. The smallest absolute Gasteiger partial charge is 0.142 e. The Morgan fingerprint density at radius 2 is 2.06 bits per heavy atom. The van der Waals surface area contributed by atoms with Gasteiger partial charge in [-0.15, -0.1) is 0 Å². The van der Waals surface area contributed by atoms with E-state index in [-0.39, 0.29) is 5.82 Å². The van der Waals surface area contributed by atoms with Crippen LogP contribution in [0.1, 0.15) is 16.8 Å². The van der Waals surface area contributed by atoms with Crippen molar-refractivity contribution >= 4 is 5.82 Å². The summed E-state index contributed by atoms with van der Waals surface area (Å²) in [5.41, 5.74) is 9.46. The van der Waals surface area contributed by atoms with Crippen molar-refractivity contribution in [2.24, 2.45) is 0 Å². The van der Waals surface area contributed by atoms with Crippen molar-refractivity contribution in [3.05, 3.63) is 41.2 Å². The number of aryl methyl sites for hydroxylation is 1. The maximum Gasteiger partial charge on any atom is 0.142 e. The molecule has 84 valence electrons. The highest BCUT2D eigenvalue weighted by molar-refractivity contribution is 5.76. The third-order valence-corrected chi connectivity index (χ3v) is 2.74. The van der Waals surface area contributed by atoms with Gasteiger partial charge in [0.05, 0.1) is 5.69 Å². The van der Waals surface area contributed by atoms with Gasteiger partial charge in [0.2, 0.25) is 0 Å². The molecule has 0 aromatic carbocycles. The SMILES string of the molecule is Cc1nc(N)c(C#N)c(-c2ccccn2)c1C. The van der Waals surface area contributed by atoms with E-state index in [0.717, 1.165) is 22.5 Å². The van der Waals surface area contributed by atoms with Gasteiger partial charge in [0, 0.05) is 17.5 Å². The maximum atomic E-state index is 9.18. The van der Waals surface area contributed by atoms with Crippen molar-refractivity contribution in [3.8, 4) is 17.3 Å². The molecule has 0 aliphatic carbocycles. The van der Waals surface area contributed by atoms with Crippen molar-refractivity contribution in [1.82, 2.24) is 9.97 Å². The van der Waals surface area contributed by atoms with Crippen molar-refractivity contribution < 1.29 is 0 Å². The molecule has 2 aromatic heterocycles. The number of anilines is 1. The Morgan fingerprint density at radius 3 is 2.65 bits per heavy atom. The molecular formula is C13H12N4. The van der Waals surface area contributed by atoms with Crippen molar-refractivity contribution in [2.75, 3.05) is 5.73 Å². The lowest BCUT2D eigenvalue weighted by Crippen LogP contribution is -2.03. The quantitative estimate of drug-likeness (QED) is 0.805. The molecule has 0 amide bonds. The van der Waals surface area contributed by atoms with Crippen LogP contribution in [0.15, 0.2) is 24.4 Å². The van der Waals surface area contributed by atoms with Crippen LogP contribution < -0.4 is 5.73 Å². The van der Waals surface area contributed by atoms with Gasteiger partial charge in [-0.25, -0.2) is 4.98 Å². The van der Waals surface area contributed by atoms with Gasteiger partial charge >= 0.3 is 0 Å². The molecule has 0 bridgehead atoms. The Labute approximate surface area is 99.8 Å². The molecule has 0 fully saturated rings. The number of nitrogen functional groups attached to an aromatic ring is 1. The molecular weight excluding hydrogens is 212 g/mol. The first-order valence-electron chi connectivity index (χ1n) is 5.23. The Hall–Kier alpha value is -2.41. The van der Waals surface area contributed by atoms with Gasteiger partial charge in [-0.05, 0) is 31.5 Å². The van der Waals surface area contributed by atoms with Gasteiger partial charge in [0.15, 0.2) is 0 Å². The van der Waals surface area contributed by atoms with Crippen molar-refractivity contribution in [3.63, 3.8) is 0 Å². The molecule has 4 heteroatoms. The van der Waals surface area contributed by atoms with Crippen LogP contribution in [0.25, 0.3) is 11.3 Å². The summed E-state index contributed by atoms with van der Waals surface area (Å²) in [7, 11) is 0. The number of rotatable bonds is 1. The number of hydrogen-bond acceptors (Lipinski definition) is 4. The fraction of sp³-hybridized carbons (Fsp3) is 0.154. The van der Waals surface area contributed by atoms with E-state index >= 15 is 0 Å². The summed E-state index contributed by atoms with van der Waals surface area (Å²) < 4.78 is 0. The van der Waals surface area contributed by atoms with Crippen LogP contribution in [0, 0.1) is 25.2 Å². The molecule has 0 radical (unpaired) electrons. The first-order valence-corrected chi connectivity index (χ1v) is 5.23. The Kier molecular flexibility index (Phi) is 2.75. The van der Waals surface area contributed by atoms with Crippen LogP contribution >= 0.6 is 0 Å². The number of nitrogens with two attached hydrogens (primary N) is 1. The number of pyridine rings is 2. The van der Waals surface area contributed by atoms with E-state index in [2.05, 4.69) is 16.0 Å². The van der Waals surface area contributed by atoms with Crippen molar-refractivity contribution in [2.45, 2.75) is 13.8 Å². The number of nitrogens with zero attached hydrogens (tertiary/aromatic N) is 3. The zero-order chi connectivity index (χ0) is 12.4. The van der Waals surface area contributed by atoms with E-state index in [1.54, 1.807) is 6.20 Å². The largest absolute Gasteiger partial charge is 0.383 e. The van der Waals surface area contributed by atoms with Crippen LogP contribution in [0.2, 0.25) is 0 Å². The Morgan fingerprint density at radius 1 is 1.29 bits per heavy atom. The van der Waals surface area contributed by atoms with Crippen LogP contribution in [-0.4, -0.2) is 9.97 Å². The lowest BCUT2D eigenvalue weighted by Gasteiger charge is -2.11. The van der Waals surface area contributed by atoms with E-state index in [1.807, 2.05) is 32.0 Å². The van der Waals surface area contributed by atoms with Crippen molar-refractivity contribution in [1.29, 1.82) is 5.26 Å². The second kappa shape index (κ2) is 4.22. The summed E-state index contributed by atoms with van der Waals surface area (Å²) in [6.45, 7) is 3.80. The number of nitriles is 1. The van der Waals surface area contributed by atoms with E-state index in [4.69, 9.17) is 5.73 Å². The summed E-state index contributed by atoms with van der Waals surface area (Å²) in [4.78, 5) is 8.42. The molecule has 0 saturated heterocycles. The molecule has 2 aromatic rings. The highest BCUT2D eigenvalue weighted by Crippen LogP contribution is 2.29. The molecule has 0 spiro atoms. The van der Waals surface area contributed by atoms with E-state index in [0.29, 0.717) is 5.56 Å². The molecule has 0 unspecified atom stereocenters. The summed E-state index contributed by atoms with van der Waals surface area (Å²) in [5, 5.41) is 9.18. The minimum Gasteiger partial charge on any atom is -0.383 e. The summed E-state index contributed by atoms with van der Waals surface area (Å²) >= 11 is 0. The van der Waals surface area contributed by atoms with Gasteiger partial charge in [0.25, 0.3) is 0 Å². The average molecular weight is 224 g/mol. The standard InChI is InChI=1S/C13H12N4/c1-8-9(2)17-13(15)10(7-14)12(8)11-5-3-4-6-16-11/h3-6H,1-2H3,(H2,15,17). The van der Waals surface area contributed by atoms with Crippen LogP contribution in [0.5, 0.6) is 0 Å². The van der Waals surface area contributed by atoms with E-state index in [9.17, 15) is 5.26 Å². The maximum absolute atomic E-state index is 9.18. The van der Waals surface area contributed by atoms with Gasteiger partial charge in [0.1, 0.15) is 17.5 Å². The fourth-order valence-electron chi connectivity index (χ4n) is 1.76. The van der Waals surface area contributed by atoms with Gasteiger partial charge in [-0.2, -0.15) is 5.26 Å². The topological polar surface area (TPSA) is 75.6 Å². The molecule has 4 nitrogen and oxygen atoms in total. The molecule has 2 N–H and O–H groups in total. The van der Waals surface area contributed by atoms with Gasteiger partial charge < -0.3 is 5.73 Å². The van der Waals surface area contributed by atoms with Gasteiger partial charge in [-0.3, -0.25) is 4.98 Å².